The van der Waals surface area contributed by atoms with Crippen molar-refractivity contribution in [1.82, 2.24) is 4.90 Å². The van der Waals surface area contributed by atoms with Crippen molar-refractivity contribution in [2.24, 2.45) is 10.9 Å². The van der Waals surface area contributed by atoms with E-state index in [1.807, 2.05) is 0 Å². The molecule has 0 rings (SSSR count). The number of rotatable bonds is 6. The predicted octanol–water partition coefficient (Wildman–Crippen LogP) is 1.40. The van der Waals surface area contributed by atoms with Gasteiger partial charge < -0.3 is 15.8 Å². The molecule has 0 radical (unpaired) electrons. The lowest BCUT2D eigenvalue weighted by Gasteiger charge is -2.20. The van der Waals surface area contributed by atoms with Gasteiger partial charge in [-0.15, -0.1) is 0 Å². The van der Waals surface area contributed by atoms with E-state index in [1.54, 1.807) is 11.8 Å². The Hall–Kier alpha value is -0.980. The maximum absolute atomic E-state index is 11.9. The molecule has 0 spiro atoms. The normalized spacial score (nSPS) is 13.5. The van der Waals surface area contributed by atoms with Crippen LogP contribution in [0, 0.1) is 0 Å². The zero-order chi connectivity index (χ0) is 11.9. The molecule has 0 aliphatic carbocycles. The minimum atomic E-state index is -4.13. The summed E-state index contributed by atoms with van der Waals surface area (Å²) >= 11 is 0. The third-order valence-corrected chi connectivity index (χ3v) is 1.97. The van der Waals surface area contributed by atoms with E-state index in [0.717, 1.165) is 0 Å². The van der Waals surface area contributed by atoms with Crippen LogP contribution in [0.1, 0.15) is 19.8 Å². The fraction of sp³-hybridized carbons (Fsp3) is 0.875. The van der Waals surface area contributed by atoms with E-state index < -0.39 is 12.6 Å². The van der Waals surface area contributed by atoms with Crippen LogP contribution in [0.15, 0.2) is 5.16 Å². The number of halogens is 3. The van der Waals surface area contributed by atoms with Crippen LogP contribution in [0.2, 0.25) is 0 Å². The summed E-state index contributed by atoms with van der Waals surface area (Å²) < 4.78 is 35.7. The molecule has 0 heterocycles. The van der Waals surface area contributed by atoms with E-state index in [4.69, 9.17) is 10.9 Å². The molecule has 0 unspecified atom stereocenters. The van der Waals surface area contributed by atoms with Crippen molar-refractivity contribution in [3.63, 3.8) is 0 Å². The lowest BCUT2D eigenvalue weighted by Crippen LogP contribution is -2.31. The van der Waals surface area contributed by atoms with Crippen LogP contribution in [-0.2, 0) is 0 Å². The van der Waals surface area contributed by atoms with Crippen LogP contribution < -0.4 is 5.73 Å². The summed E-state index contributed by atoms with van der Waals surface area (Å²) in [7, 11) is 0. The van der Waals surface area contributed by atoms with Gasteiger partial charge in [-0.3, -0.25) is 0 Å². The maximum atomic E-state index is 11.9. The Bertz CT molecular complexity index is 206. The van der Waals surface area contributed by atoms with Gasteiger partial charge in [-0.1, -0.05) is 12.1 Å². The number of nitrogens with two attached hydrogens (primary N) is 1. The molecule has 0 amide bonds. The minimum absolute atomic E-state index is 0.0282. The summed E-state index contributed by atoms with van der Waals surface area (Å²) in [5.41, 5.74) is 5.21. The Morgan fingerprint density at radius 2 is 2.00 bits per heavy atom. The van der Waals surface area contributed by atoms with Gasteiger partial charge in [-0.25, -0.2) is 0 Å². The first-order valence-corrected chi connectivity index (χ1v) is 4.64. The number of oxime groups is 1. The van der Waals surface area contributed by atoms with E-state index in [1.165, 1.54) is 0 Å². The van der Waals surface area contributed by atoms with Crippen LogP contribution >= 0.6 is 0 Å². The summed E-state index contributed by atoms with van der Waals surface area (Å²) in [6.07, 6.45) is -4.71. The average molecular weight is 227 g/mol. The first-order valence-electron chi connectivity index (χ1n) is 4.64. The average Bonchev–Trinajstić information content (AvgIpc) is 2.16. The molecule has 0 atom stereocenters. The van der Waals surface area contributed by atoms with Gasteiger partial charge in [0.15, 0.2) is 0 Å². The van der Waals surface area contributed by atoms with Gasteiger partial charge in [-0.2, -0.15) is 13.2 Å². The zero-order valence-corrected chi connectivity index (χ0v) is 8.59. The van der Waals surface area contributed by atoms with Gasteiger partial charge in [0.25, 0.3) is 0 Å². The van der Waals surface area contributed by atoms with E-state index in [2.05, 4.69) is 5.16 Å². The second kappa shape index (κ2) is 6.49. The van der Waals surface area contributed by atoms with Crippen molar-refractivity contribution in [2.75, 3.05) is 19.6 Å². The fourth-order valence-electron chi connectivity index (χ4n) is 1.04. The molecular formula is C8H16F3N3O. The van der Waals surface area contributed by atoms with Gasteiger partial charge in [0.1, 0.15) is 5.84 Å². The number of hydrogen-bond donors (Lipinski definition) is 2. The van der Waals surface area contributed by atoms with Crippen LogP contribution in [0.25, 0.3) is 0 Å². The molecule has 0 fully saturated rings. The third-order valence-electron chi connectivity index (χ3n) is 1.97. The Labute approximate surface area is 86.5 Å². The molecule has 0 aliphatic heterocycles. The summed E-state index contributed by atoms with van der Waals surface area (Å²) in [6, 6.07) is 0. The minimum Gasteiger partial charge on any atom is -0.409 e. The van der Waals surface area contributed by atoms with Crippen molar-refractivity contribution in [3.8, 4) is 0 Å². The van der Waals surface area contributed by atoms with E-state index in [-0.39, 0.29) is 18.8 Å². The molecule has 90 valence electrons. The van der Waals surface area contributed by atoms with Crippen LogP contribution in [0.3, 0.4) is 0 Å². The summed E-state index contributed by atoms with van der Waals surface area (Å²) in [6.45, 7) is 2.58. The van der Waals surface area contributed by atoms with Crippen molar-refractivity contribution < 1.29 is 18.4 Å². The highest BCUT2D eigenvalue weighted by Crippen LogP contribution is 2.19. The Morgan fingerprint density at radius 3 is 2.40 bits per heavy atom. The van der Waals surface area contributed by atoms with Crippen LogP contribution in [0.5, 0.6) is 0 Å². The van der Waals surface area contributed by atoms with Crippen molar-refractivity contribution >= 4 is 5.84 Å². The maximum Gasteiger partial charge on any atom is 0.390 e. The molecule has 0 aromatic carbocycles. The van der Waals surface area contributed by atoms with Crippen molar-refractivity contribution in [2.45, 2.75) is 25.9 Å². The first-order chi connectivity index (χ1) is 6.89. The standard InChI is InChI=1S/C8H16F3N3O/c1-2-14(5-3-7(12)13-15)6-4-8(9,10)11/h15H,2-6H2,1H3,(H2,12,13). The molecule has 0 saturated heterocycles. The number of nitrogens with zero attached hydrogens (tertiary/aromatic N) is 2. The second-order valence-corrected chi connectivity index (χ2v) is 3.14. The van der Waals surface area contributed by atoms with Gasteiger partial charge >= 0.3 is 6.18 Å². The molecule has 0 saturated carbocycles. The van der Waals surface area contributed by atoms with Gasteiger partial charge in [0.05, 0.1) is 6.42 Å². The summed E-state index contributed by atoms with van der Waals surface area (Å²) in [4.78, 5) is 1.60. The highest BCUT2D eigenvalue weighted by molar-refractivity contribution is 5.79. The highest BCUT2D eigenvalue weighted by atomic mass is 19.4. The molecule has 4 nitrogen and oxygen atoms in total. The largest absolute Gasteiger partial charge is 0.409 e. The number of hydrogen-bond acceptors (Lipinski definition) is 3. The fourth-order valence-corrected chi connectivity index (χ4v) is 1.04. The first kappa shape index (κ1) is 14.0. The second-order valence-electron chi connectivity index (χ2n) is 3.14. The lowest BCUT2D eigenvalue weighted by atomic mass is 10.3. The zero-order valence-electron chi connectivity index (χ0n) is 8.59. The molecule has 0 aromatic rings. The smallest absolute Gasteiger partial charge is 0.390 e. The summed E-state index contributed by atoms with van der Waals surface area (Å²) in [5, 5.41) is 11.0. The number of alkyl halides is 3. The van der Waals surface area contributed by atoms with Crippen molar-refractivity contribution in [1.29, 1.82) is 0 Å². The van der Waals surface area contributed by atoms with Crippen LogP contribution in [0.4, 0.5) is 13.2 Å². The molecule has 7 heteroatoms. The van der Waals surface area contributed by atoms with E-state index >= 15 is 0 Å². The highest BCUT2D eigenvalue weighted by Gasteiger charge is 2.27. The van der Waals surface area contributed by atoms with Gasteiger partial charge in [-0.05, 0) is 6.54 Å². The molecule has 0 aliphatic rings. The monoisotopic (exact) mass is 227 g/mol. The number of amidine groups is 1. The van der Waals surface area contributed by atoms with Crippen LogP contribution in [-0.4, -0.2) is 41.8 Å². The summed E-state index contributed by atoms with van der Waals surface area (Å²) in [5.74, 6) is 0.0282. The molecule has 0 aromatic heterocycles. The quantitative estimate of drug-likeness (QED) is 0.312. The Morgan fingerprint density at radius 1 is 1.40 bits per heavy atom. The predicted molar refractivity (Wildman–Crippen MR) is 50.8 cm³/mol. The van der Waals surface area contributed by atoms with Gasteiger partial charge in [0.2, 0.25) is 0 Å². The third kappa shape index (κ3) is 8.04. The Kier molecular flexibility index (Phi) is 6.07. The molecule has 15 heavy (non-hydrogen) atoms. The topological polar surface area (TPSA) is 61.8 Å². The van der Waals surface area contributed by atoms with Crippen molar-refractivity contribution in [3.05, 3.63) is 0 Å². The Balaban J connectivity index is 3.84. The SMILES string of the molecule is CCN(CCC(N)=NO)CCC(F)(F)F. The molecule has 3 N–H and O–H groups in total. The lowest BCUT2D eigenvalue weighted by molar-refractivity contribution is -0.137. The van der Waals surface area contributed by atoms with Gasteiger partial charge in [0, 0.05) is 19.5 Å². The molecule has 0 bridgehead atoms. The molecular weight excluding hydrogens is 211 g/mol. The van der Waals surface area contributed by atoms with E-state index in [9.17, 15) is 13.2 Å². The van der Waals surface area contributed by atoms with E-state index in [0.29, 0.717) is 13.1 Å².